The number of nitrogens with zero attached hydrogens (tertiary/aromatic N) is 3. The largest absolute Gasteiger partial charge is 0.465 e. The summed E-state index contributed by atoms with van der Waals surface area (Å²) >= 11 is 0. The van der Waals surface area contributed by atoms with E-state index in [1.54, 1.807) is 38.1 Å². The van der Waals surface area contributed by atoms with Gasteiger partial charge in [-0.1, -0.05) is 17.3 Å². The van der Waals surface area contributed by atoms with E-state index in [1.165, 1.54) is 25.1 Å². The first-order chi connectivity index (χ1) is 14.8. The fraction of sp³-hybridized carbons (Fsp3) is 0.286. The number of hydrogen-bond donors (Lipinski definition) is 1. The van der Waals surface area contributed by atoms with Crippen LogP contribution >= 0.6 is 0 Å². The summed E-state index contributed by atoms with van der Waals surface area (Å²) in [7, 11) is 2.74. The molecule has 0 atom stereocenters. The Morgan fingerprint density at radius 1 is 1.16 bits per heavy atom. The minimum Gasteiger partial charge on any atom is -0.465 e. The van der Waals surface area contributed by atoms with Crippen LogP contribution in [0.4, 0.5) is 5.69 Å². The Kier molecular flexibility index (Phi) is 6.49. The molecule has 0 bridgehead atoms. The van der Waals surface area contributed by atoms with Crippen molar-refractivity contribution < 1.29 is 28.1 Å². The Labute approximate surface area is 178 Å². The summed E-state index contributed by atoms with van der Waals surface area (Å²) in [5.74, 6) is -0.275. The third kappa shape index (κ3) is 5.35. The molecule has 10 heteroatoms. The van der Waals surface area contributed by atoms with Gasteiger partial charge in [0.25, 0.3) is 0 Å². The van der Waals surface area contributed by atoms with Crippen LogP contribution in [0.15, 0.2) is 39.3 Å². The van der Waals surface area contributed by atoms with Crippen LogP contribution < -0.4 is 5.32 Å². The quantitative estimate of drug-likeness (QED) is 0.470. The van der Waals surface area contributed by atoms with Gasteiger partial charge in [0.15, 0.2) is 5.82 Å². The normalized spacial score (nSPS) is 10.6. The monoisotopic (exact) mass is 426 g/mol. The van der Waals surface area contributed by atoms with Crippen LogP contribution in [-0.4, -0.2) is 47.0 Å². The molecule has 2 aromatic heterocycles. The molecule has 10 nitrogen and oxygen atoms in total. The highest BCUT2D eigenvalue weighted by Crippen LogP contribution is 2.17. The lowest BCUT2D eigenvalue weighted by Crippen LogP contribution is -2.36. The van der Waals surface area contributed by atoms with Crippen LogP contribution in [0.25, 0.3) is 0 Å². The molecule has 0 spiro atoms. The molecule has 1 N–H and O–H groups in total. The summed E-state index contributed by atoms with van der Waals surface area (Å²) < 4.78 is 15.2. The number of benzene rings is 1. The average Bonchev–Trinajstić information content (AvgIpc) is 3.32. The highest BCUT2D eigenvalue weighted by Gasteiger charge is 2.22. The molecule has 0 saturated carbocycles. The molecule has 0 unspecified atom stereocenters. The summed E-state index contributed by atoms with van der Waals surface area (Å²) in [4.78, 5) is 41.7. The lowest BCUT2D eigenvalue weighted by atomic mass is 10.1. The zero-order valence-corrected chi connectivity index (χ0v) is 17.6. The van der Waals surface area contributed by atoms with Gasteiger partial charge >= 0.3 is 17.8 Å². The summed E-state index contributed by atoms with van der Waals surface area (Å²) in [6, 6.07) is 8.45. The second kappa shape index (κ2) is 9.24. The molecular formula is C21H22N4O6. The fourth-order valence-corrected chi connectivity index (χ4v) is 2.89. The maximum Gasteiger partial charge on any atom is 0.341 e. The van der Waals surface area contributed by atoms with E-state index in [2.05, 4.69) is 20.2 Å². The lowest BCUT2D eigenvalue weighted by Gasteiger charge is -2.15. The van der Waals surface area contributed by atoms with Crippen LogP contribution in [0.5, 0.6) is 0 Å². The van der Waals surface area contributed by atoms with E-state index in [0.717, 1.165) is 5.56 Å². The number of likely N-dealkylation sites (N-methyl/N-ethyl adjacent to an activating group) is 1. The first-order valence-corrected chi connectivity index (χ1v) is 9.39. The Bertz CT molecular complexity index is 1100. The minimum atomic E-state index is -0.792. The number of nitrogens with one attached hydrogen (secondary N) is 1. The molecule has 31 heavy (non-hydrogen) atoms. The summed E-state index contributed by atoms with van der Waals surface area (Å²) in [6.07, 6.45) is 0.465. The van der Waals surface area contributed by atoms with E-state index in [1.807, 2.05) is 0 Å². The van der Waals surface area contributed by atoms with Gasteiger partial charge in [0.05, 0.1) is 20.1 Å². The number of carbonyl (C=O) groups excluding carboxylic acids is 3. The van der Waals surface area contributed by atoms with E-state index >= 15 is 0 Å². The van der Waals surface area contributed by atoms with Gasteiger partial charge in [-0.2, -0.15) is 4.98 Å². The van der Waals surface area contributed by atoms with E-state index in [9.17, 15) is 14.4 Å². The van der Waals surface area contributed by atoms with E-state index in [-0.39, 0.29) is 12.1 Å². The van der Waals surface area contributed by atoms with Gasteiger partial charge in [-0.3, -0.25) is 9.59 Å². The topological polar surface area (TPSA) is 128 Å². The molecule has 0 radical (unpaired) electrons. The summed E-state index contributed by atoms with van der Waals surface area (Å²) in [5.41, 5.74) is 1.66. The number of aromatic nitrogens is 2. The van der Waals surface area contributed by atoms with Gasteiger partial charge in [0.1, 0.15) is 17.1 Å². The Morgan fingerprint density at radius 3 is 2.48 bits per heavy atom. The number of esters is 1. The lowest BCUT2D eigenvalue weighted by molar-refractivity contribution is -0.142. The molecule has 0 aliphatic carbocycles. The predicted octanol–water partition coefficient (Wildman–Crippen LogP) is 2.25. The van der Waals surface area contributed by atoms with Crippen LogP contribution in [0.3, 0.4) is 0 Å². The Hall–Kier alpha value is -3.95. The fourth-order valence-electron chi connectivity index (χ4n) is 2.89. The van der Waals surface area contributed by atoms with Gasteiger partial charge in [-0.15, -0.1) is 0 Å². The molecular weight excluding hydrogens is 404 g/mol. The van der Waals surface area contributed by atoms with Gasteiger partial charge in [0.2, 0.25) is 5.89 Å². The van der Waals surface area contributed by atoms with Crippen molar-refractivity contribution in [2.75, 3.05) is 19.5 Å². The van der Waals surface area contributed by atoms with Crippen LogP contribution in [0.1, 0.15) is 39.2 Å². The van der Waals surface area contributed by atoms with Crippen molar-refractivity contribution in [3.63, 3.8) is 0 Å². The van der Waals surface area contributed by atoms with Gasteiger partial charge in [-0.05, 0) is 37.6 Å². The molecule has 0 aliphatic heterocycles. The smallest absolute Gasteiger partial charge is 0.341 e. The molecule has 2 amide bonds. The van der Waals surface area contributed by atoms with Crippen molar-refractivity contribution in [1.82, 2.24) is 15.0 Å². The maximum absolute atomic E-state index is 12.4. The van der Waals surface area contributed by atoms with Gasteiger partial charge < -0.3 is 23.9 Å². The van der Waals surface area contributed by atoms with E-state index < -0.39 is 17.8 Å². The Balaban J connectivity index is 1.57. The number of rotatable bonds is 6. The highest BCUT2D eigenvalue weighted by atomic mass is 16.5. The number of ether oxygens (including phenoxy) is 1. The van der Waals surface area contributed by atoms with Gasteiger partial charge in [-0.25, -0.2) is 4.79 Å². The van der Waals surface area contributed by atoms with Crippen molar-refractivity contribution in [2.45, 2.75) is 26.8 Å². The molecule has 1 aromatic carbocycles. The van der Waals surface area contributed by atoms with Crippen molar-refractivity contribution in [1.29, 1.82) is 0 Å². The first-order valence-electron chi connectivity index (χ1n) is 9.39. The van der Waals surface area contributed by atoms with Crippen LogP contribution in [0, 0.1) is 13.8 Å². The average molecular weight is 426 g/mol. The molecule has 0 fully saturated rings. The maximum atomic E-state index is 12.4. The number of carbonyl (C=O) groups is 3. The molecule has 3 aromatic rings. The number of furan rings is 1. The first kappa shape index (κ1) is 21.8. The third-order valence-electron chi connectivity index (χ3n) is 4.44. The number of anilines is 1. The third-order valence-corrected chi connectivity index (χ3v) is 4.44. The van der Waals surface area contributed by atoms with Crippen molar-refractivity contribution in [3.8, 4) is 0 Å². The zero-order chi connectivity index (χ0) is 22.5. The standard InChI is InChI=1S/C21H22N4O6/c1-12-17(21(28)29-4)10-16(30-12)11-25(3)20(27)19(26)23-15-7-5-14(6-8-15)9-18-22-13(2)24-31-18/h5-8,10H,9,11H2,1-4H3,(H,23,26). The number of aryl methyl sites for hydroxylation is 2. The summed E-state index contributed by atoms with van der Waals surface area (Å²) in [6.45, 7) is 3.38. The molecule has 0 saturated heterocycles. The van der Waals surface area contributed by atoms with E-state index in [4.69, 9.17) is 8.94 Å². The van der Waals surface area contributed by atoms with Crippen molar-refractivity contribution in [3.05, 3.63) is 64.7 Å². The second-order valence-electron chi connectivity index (χ2n) is 6.90. The Morgan fingerprint density at radius 2 is 1.87 bits per heavy atom. The van der Waals surface area contributed by atoms with Gasteiger partial charge in [0, 0.05) is 12.7 Å². The van der Waals surface area contributed by atoms with Crippen LogP contribution in [0.2, 0.25) is 0 Å². The van der Waals surface area contributed by atoms with Crippen LogP contribution in [-0.2, 0) is 27.3 Å². The number of amides is 2. The minimum absolute atomic E-state index is 0.0205. The second-order valence-corrected chi connectivity index (χ2v) is 6.90. The highest BCUT2D eigenvalue weighted by molar-refractivity contribution is 6.39. The zero-order valence-electron chi connectivity index (χ0n) is 17.6. The predicted molar refractivity (Wildman–Crippen MR) is 108 cm³/mol. The number of methoxy groups -OCH3 is 1. The molecule has 3 rings (SSSR count). The molecule has 162 valence electrons. The van der Waals surface area contributed by atoms with Crippen molar-refractivity contribution in [2.24, 2.45) is 0 Å². The SMILES string of the molecule is COC(=O)c1cc(CN(C)C(=O)C(=O)Nc2ccc(Cc3nc(C)no3)cc2)oc1C. The van der Waals surface area contributed by atoms with Crippen molar-refractivity contribution >= 4 is 23.5 Å². The summed E-state index contributed by atoms with van der Waals surface area (Å²) in [5, 5.41) is 6.30. The molecule has 2 heterocycles. The number of hydrogen-bond acceptors (Lipinski definition) is 8. The molecule has 0 aliphatic rings. The van der Waals surface area contributed by atoms with E-state index in [0.29, 0.717) is 35.3 Å².